The lowest BCUT2D eigenvalue weighted by Crippen LogP contribution is -2.41. The van der Waals surface area contributed by atoms with Gasteiger partial charge in [0.1, 0.15) is 11.6 Å². The molecule has 1 aliphatic heterocycles. The number of hydrogen-bond donors (Lipinski definition) is 3. The lowest BCUT2D eigenvalue weighted by atomic mass is 9.71. The quantitative estimate of drug-likeness (QED) is 0.263. The molecule has 0 saturated carbocycles. The predicted octanol–water partition coefficient (Wildman–Crippen LogP) is 4.54. The van der Waals surface area contributed by atoms with E-state index in [1.54, 1.807) is 19.4 Å². The maximum atomic E-state index is 13.9. The van der Waals surface area contributed by atoms with Gasteiger partial charge < -0.3 is 20.7 Å². The lowest BCUT2D eigenvalue weighted by molar-refractivity contribution is -0.141. The Morgan fingerprint density at radius 3 is 2.65 bits per heavy atom. The number of benzene rings is 2. The molecular weight excluding hydrogens is 523 g/mol. The van der Waals surface area contributed by atoms with Gasteiger partial charge in [-0.1, -0.05) is 11.8 Å². The molecule has 212 valence electrons. The molecule has 1 saturated heterocycles. The van der Waals surface area contributed by atoms with Gasteiger partial charge in [0.25, 0.3) is 0 Å². The van der Waals surface area contributed by atoms with Crippen molar-refractivity contribution in [1.29, 1.82) is 0 Å². The highest BCUT2D eigenvalue weighted by Crippen LogP contribution is 2.42. The van der Waals surface area contributed by atoms with E-state index in [4.69, 9.17) is 10.5 Å². The van der Waals surface area contributed by atoms with Crippen LogP contribution in [0.1, 0.15) is 54.9 Å². The highest BCUT2D eigenvalue weighted by atomic mass is 19.2. The number of carboxylic acids is 1. The van der Waals surface area contributed by atoms with Crippen molar-refractivity contribution in [1.82, 2.24) is 9.88 Å². The van der Waals surface area contributed by atoms with E-state index < -0.39 is 34.9 Å². The first kappa shape index (κ1) is 29.3. The van der Waals surface area contributed by atoms with Crippen LogP contribution in [0.5, 0.6) is 5.75 Å². The normalized spacial score (nSPS) is 15.8. The third-order valence-electron chi connectivity index (χ3n) is 7.66. The lowest BCUT2D eigenvalue weighted by Gasteiger charge is -2.41. The summed E-state index contributed by atoms with van der Waals surface area (Å²) in [7, 11) is 1.56. The van der Waals surface area contributed by atoms with Gasteiger partial charge in [0.05, 0.1) is 37.3 Å². The molecule has 2 aromatic carbocycles. The number of carboxylic acid groups (broad SMARTS) is 1. The molecule has 0 aliphatic carbocycles. The van der Waals surface area contributed by atoms with Crippen LogP contribution in [0.2, 0.25) is 0 Å². The minimum absolute atomic E-state index is 0.0400. The molecule has 4 N–H and O–H groups in total. The smallest absolute Gasteiger partial charge is 0.303 e. The number of piperidine rings is 1. The number of hydrogen-bond acceptors (Lipinski definition) is 6. The summed E-state index contributed by atoms with van der Waals surface area (Å²) in [6, 6.07) is 6.74. The number of rotatable bonds is 9. The number of nitrogens with two attached hydrogens (primary N) is 1. The van der Waals surface area contributed by atoms with E-state index in [0.29, 0.717) is 67.2 Å². The summed E-state index contributed by atoms with van der Waals surface area (Å²) >= 11 is 0. The fraction of sp³-hybridized carbons (Fsp3) is 0.400. The number of aromatic nitrogens is 1. The number of likely N-dealkylation sites (tertiary alicyclic amines) is 1. The van der Waals surface area contributed by atoms with Crippen LogP contribution in [0.25, 0.3) is 10.9 Å². The average molecular weight is 556 g/mol. The molecule has 0 radical (unpaired) electrons. The van der Waals surface area contributed by atoms with Gasteiger partial charge in [-0.2, -0.15) is 0 Å². The Hall–Kier alpha value is -3.65. The number of aliphatic hydroxyl groups is 1. The Balaban J connectivity index is 1.46. The summed E-state index contributed by atoms with van der Waals surface area (Å²) in [6.07, 6.45) is 2.67. The zero-order valence-corrected chi connectivity index (χ0v) is 22.2. The van der Waals surface area contributed by atoms with Crippen molar-refractivity contribution >= 4 is 16.9 Å². The summed E-state index contributed by atoms with van der Waals surface area (Å²) in [5.74, 6) is 1.58. The first-order valence-electron chi connectivity index (χ1n) is 13.1. The van der Waals surface area contributed by atoms with E-state index >= 15 is 0 Å². The summed E-state index contributed by atoms with van der Waals surface area (Å²) in [4.78, 5) is 18.2. The molecule has 2 heterocycles. The van der Waals surface area contributed by atoms with Crippen molar-refractivity contribution in [3.63, 3.8) is 0 Å². The maximum absolute atomic E-state index is 13.9. The zero-order valence-electron chi connectivity index (χ0n) is 22.2. The molecule has 3 aromatic rings. The number of aliphatic hydroxyl groups excluding tert-OH is 1. The molecule has 0 spiro atoms. The fourth-order valence-corrected chi connectivity index (χ4v) is 5.42. The SMILES string of the molecule is COc1ccc2ncc(CN)c([C@@H](O)CCC3(CC(=O)O)CCN(CC#Cc4cc(F)cc(F)c4F)CC3)c2c1. The number of fused-ring (bicyclic) bond motifs is 1. The van der Waals surface area contributed by atoms with Crippen molar-refractivity contribution < 1.29 is 32.9 Å². The van der Waals surface area contributed by atoms with Crippen LogP contribution in [-0.4, -0.2) is 52.8 Å². The second-order valence-corrected chi connectivity index (χ2v) is 10.2. The topological polar surface area (TPSA) is 109 Å². The van der Waals surface area contributed by atoms with Gasteiger partial charge in [0, 0.05) is 24.2 Å². The molecule has 1 aromatic heterocycles. The number of halogens is 3. The molecule has 1 fully saturated rings. The molecule has 0 unspecified atom stereocenters. The first-order valence-corrected chi connectivity index (χ1v) is 13.1. The van der Waals surface area contributed by atoms with Crippen molar-refractivity contribution in [2.45, 2.75) is 44.8 Å². The van der Waals surface area contributed by atoms with Gasteiger partial charge in [-0.05, 0) is 79.6 Å². The van der Waals surface area contributed by atoms with Crippen molar-refractivity contribution in [2.75, 3.05) is 26.7 Å². The number of nitrogens with zero attached hydrogens (tertiary/aromatic N) is 2. The molecule has 0 bridgehead atoms. The van der Waals surface area contributed by atoms with Crippen LogP contribution in [-0.2, 0) is 11.3 Å². The van der Waals surface area contributed by atoms with E-state index in [2.05, 4.69) is 16.8 Å². The standard InChI is InChI=1S/C30H32F3N3O4/c1-40-22-4-5-25-23(15-22)28(20(17-34)18-35-25)26(37)6-7-30(16-27(38)39)8-11-36(12-9-30)10-2-3-19-13-21(31)14-24(32)29(19)33/h4-5,13-15,18,26,37H,6-12,16-17,34H2,1H3,(H,38,39)/t26-/m0/s1. The molecule has 1 atom stereocenters. The van der Waals surface area contributed by atoms with Crippen molar-refractivity contribution in [3.05, 3.63) is 70.7 Å². The van der Waals surface area contributed by atoms with Gasteiger partial charge in [0.15, 0.2) is 11.6 Å². The zero-order chi connectivity index (χ0) is 28.9. The Bertz CT molecular complexity index is 1440. The summed E-state index contributed by atoms with van der Waals surface area (Å²) in [5, 5.41) is 21.7. The van der Waals surface area contributed by atoms with E-state index in [-0.39, 0.29) is 25.1 Å². The largest absolute Gasteiger partial charge is 0.497 e. The highest BCUT2D eigenvalue weighted by molar-refractivity contribution is 5.85. The van der Waals surface area contributed by atoms with Crippen molar-refractivity contribution in [3.8, 4) is 17.6 Å². The second-order valence-electron chi connectivity index (χ2n) is 10.2. The average Bonchev–Trinajstić information content (AvgIpc) is 2.94. The Morgan fingerprint density at radius 2 is 1.98 bits per heavy atom. The van der Waals surface area contributed by atoms with Crippen molar-refractivity contribution in [2.24, 2.45) is 11.1 Å². The van der Waals surface area contributed by atoms with Gasteiger partial charge in [-0.15, -0.1) is 0 Å². The van der Waals surface area contributed by atoms with Crippen LogP contribution in [0, 0.1) is 34.7 Å². The third kappa shape index (κ3) is 6.73. The number of methoxy groups -OCH3 is 1. The first-order chi connectivity index (χ1) is 19.1. The Morgan fingerprint density at radius 1 is 1.23 bits per heavy atom. The maximum Gasteiger partial charge on any atom is 0.303 e. The monoisotopic (exact) mass is 555 g/mol. The third-order valence-corrected chi connectivity index (χ3v) is 7.66. The summed E-state index contributed by atoms with van der Waals surface area (Å²) in [6.45, 7) is 1.52. The van der Waals surface area contributed by atoms with Crippen LogP contribution in [0.4, 0.5) is 13.2 Å². The highest BCUT2D eigenvalue weighted by Gasteiger charge is 2.37. The molecule has 0 amide bonds. The molecule has 10 heteroatoms. The van der Waals surface area contributed by atoms with Gasteiger partial charge >= 0.3 is 5.97 Å². The molecule has 40 heavy (non-hydrogen) atoms. The van der Waals surface area contributed by atoms with Gasteiger partial charge in [-0.25, -0.2) is 13.2 Å². The van der Waals surface area contributed by atoms with E-state index in [0.717, 1.165) is 11.5 Å². The van der Waals surface area contributed by atoms with Crippen LogP contribution in [0.3, 0.4) is 0 Å². The minimum Gasteiger partial charge on any atom is -0.497 e. The minimum atomic E-state index is -1.29. The van der Waals surface area contributed by atoms with Gasteiger partial charge in [-0.3, -0.25) is 14.7 Å². The summed E-state index contributed by atoms with van der Waals surface area (Å²) < 4.78 is 46.1. The number of aliphatic carboxylic acids is 1. The second kappa shape index (κ2) is 12.7. The summed E-state index contributed by atoms with van der Waals surface area (Å²) in [5.41, 5.74) is 7.17. The predicted molar refractivity (Wildman–Crippen MR) is 144 cm³/mol. The van der Waals surface area contributed by atoms with E-state index in [9.17, 15) is 28.2 Å². The molecule has 4 rings (SSSR count). The van der Waals surface area contributed by atoms with E-state index in [1.165, 1.54) is 0 Å². The molecular formula is C30H32F3N3O4. The number of ether oxygens (including phenoxy) is 1. The Kier molecular flexibility index (Phi) is 9.30. The number of pyridine rings is 1. The van der Waals surface area contributed by atoms with Crippen LogP contribution in [0.15, 0.2) is 36.5 Å². The van der Waals surface area contributed by atoms with Gasteiger partial charge in [0.2, 0.25) is 0 Å². The molecule has 1 aliphatic rings. The van der Waals surface area contributed by atoms with Crippen LogP contribution >= 0.6 is 0 Å². The fourth-order valence-electron chi connectivity index (χ4n) is 5.42. The van der Waals surface area contributed by atoms with E-state index in [1.807, 2.05) is 17.0 Å². The molecule has 7 nitrogen and oxygen atoms in total. The number of carbonyl (C=O) groups is 1. The Labute approximate surface area is 230 Å². The van der Waals surface area contributed by atoms with Crippen LogP contribution < -0.4 is 10.5 Å².